The van der Waals surface area contributed by atoms with Gasteiger partial charge < -0.3 is 0 Å². The van der Waals surface area contributed by atoms with Crippen LogP contribution >= 0.6 is 22.9 Å². The number of halogens is 1. The number of aryl methyl sites for hydroxylation is 2. The molecule has 1 N–H and O–H groups in total. The molecule has 0 unspecified atom stereocenters. The Balaban J connectivity index is 2.29. The maximum atomic E-state index is 5.62. The van der Waals surface area contributed by atoms with Crippen molar-refractivity contribution in [1.82, 2.24) is 20.4 Å². The molecule has 0 bridgehead atoms. The third-order valence-corrected chi connectivity index (χ3v) is 3.01. The van der Waals surface area contributed by atoms with E-state index in [1.807, 2.05) is 6.92 Å². The normalized spacial score (nSPS) is 10.7. The Morgan fingerprint density at radius 1 is 1.50 bits per heavy atom. The van der Waals surface area contributed by atoms with Crippen molar-refractivity contribution in [1.29, 1.82) is 0 Å². The molecular weight excluding hydrogens is 220 g/mol. The lowest BCUT2D eigenvalue weighted by Crippen LogP contribution is -1.83. The Morgan fingerprint density at radius 3 is 3.00 bits per heavy atom. The molecule has 0 spiro atoms. The van der Waals surface area contributed by atoms with Crippen LogP contribution in [0.3, 0.4) is 0 Å². The fourth-order valence-electron chi connectivity index (χ4n) is 1.10. The fraction of sp³-hybridized carbons (Fsp3) is 0.375. The zero-order valence-corrected chi connectivity index (χ0v) is 9.19. The highest BCUT2D eigenvalue weighted by Gasteiger charge is 2.09. The number of alkyl halides is 1. The summed E-state index contributed by atoms with van der Waals surface area (Å²) in [4.78, 5) is 0. The van der Waals surface area contributed by atoms with Crippen LogP contribution in [0.4, 0.5) is 0 Å². The van der Waals surface area contributed by atoms with E-state index in [1.165, 1.54) is 0 Å². The Labute approximate surface area is 90.3 Å². The molecule has 4 nitrogen and oxygen atoms in total. The van der Waals surface area contributed by atoms with Gasteiger partial charge in [-0.25, -0.2) is 0 Å². The molecular formula is C8H9ClN4S. The van der Waals surface area contributed by atoms with Crippen LogP contribution < -0.4 is 0 Å². The number of aromatic amines is 1. The number of aromatic nitrogens is 4. The van der Waals surface area contributed by atoms with Crippen molar-refractivity contribution < 1.29 is 0 Å². The average molecular weight is 229 g/mol. The summed E-state index contributed by atoms with van der Waals surface area (Å²) in [6, 6.07) is 0. The predicted octanol–water partition coefficient (Wildman–Crippen LogP) is 2.02. The van der Waals surface area contributed by atoms with Gasteiger partial charge in [-0.1, -0.05) is 11.3 Å². The maximum Gasteiger partial charge on any atom is 0.165 e. The zero-order chi connectivity index (χ0) is 9.97. The van der Waals surface area contributed by atoms with Crippen LogP contribution in [0.25, 0.3) is 10.7 Å². The third-order valence-electron chi connectivity index (χ3n) is 1.82. The monoisotopic (exact) mass is 228 g/mol. The first-order valence-electron chi connectivity index (χ1n) is 4.20. The first kappa shape index (κ1) is 9.61. The minimum absolute atomic E-state index is 0.580. The van der Waals surface area contributed by atoms with Crippen LogP contribution in [-0.4, -0.2) is 26.3 Å². The lowest BCUT2D eigenvalue weighted by Gasteiger charge is -1.89. The van der Waals surface area contributed by atoms with Gasteiger partial charge in [-0.2, -0.15) is 5.10 Å². The number of hydrogen-bond acceptors (Lipinski definition) is 4. The summed E-state index contributed by atoms with van der Waals surface area (Å²) in [5, 5.41) is 16.8. The quantitative estimate of drug-likeness (QED) is 0.818. The van der Waals surface area contributed by atoms with Crippen LogP contribution in [0.15, 0.2) is 6.20 Å². The minimum Gasteiger partial charge on any atom is -0.275 e. The molecule has 0 atom stereocenters. The van der Waals surface area contributed by atoms with E-state index in [0.29, 0.717) is 5.88 Å². The predicted molar refractivity (Wildman–Crippen MR) is 56.7 cm³/mol. The summed E-state index contributed by atoms with van der Waals surface area (Å²) in [6.07, 6.45) is 2.55. The van der Waals surface area contributed by atoms with E-state index in [9.17, 15) is 0 Å². The second-order valence-electron chi connectivity index (χ2n) is 2.87. The van der Waals surface area contributed by atoms with Gasteiger partial charge in [-0.3, -0.25) is 5.10 Å². The third kappa shape index (κ3) is 1.78. The summed E-state index contributed by atoms with van der Waals surface area (Å²) in [7, 11) is 0. The molecule has 74 valence electrons. The van der Waals surface area contributed by atoms with Gasteiger partial charge in [0.25, 0.3) is 0 Å². The molecule has 0 amide bonds. The van der Waals surface area contributed by atoms with E-state index in [-0.39, 0.29) is 0 Å². The van der Waals surface area contributed by atoms with Crippen LogP contribution in [0, 0.1) is 6.92 Å². The van der Waals surface area contributed by atoms with Crippen molar-refractivity contribution in [3.05, 3.63) is 16.8 Å². The van der Waals surface area contributed by atoms with Gasteiger partial charge >= 0.3 is 0 Å². The van der Waals surface area contributed by atoms with Gasteiger partial charge in [0.05, 0.1) is 11.9 Å². The van der Waals surface area contributed by atoms with Crippen LogP contribution in [0.5, 0.6) is 0 Å². The number of rotatable bonds is 3. The van der Waals surface area contributed by atoms with Crippen LogP contribution in [0.2, 0.25) is 0 Å². The molecule has 0 aliphatic heterocycles. The van der Waals surface area contributed by atoms with Crippen molar-refractivity contribution >= 4 is 22.9 Å². The highest BCUT2D eigenvalue weighted by atomic mass is 35.5. The summed E-state index contributed by atoms with van der Waals surface area (Å²) >= 11 is 7.17. The van der Waals surface area contributed by atoms with Gasteiger partial charge in [0.1, 0.15) is 5.01 Å². The van der Waals surface area contributed by atoms with E-state index < -0.39 is 0 Å². The number of nitrogens with zero attached hydrogens (tertiary/aromatic N) is 3. The maximum absolute atomic E-state index is 5.62. The van der Waals surface area contributed by atoms with Gasteiger partial charge in [0.15, 0.2) is 5.01 Å². The number of nitrogens with one attached hydrogen (secondary N) is 1. The molecule has 0 saturated carbocycles. The SMILES string of the molecule is Cc1cn[nH]c1-c1nnc(CCCl)s1. The summed E-state index contributed by atoms with van der Waals surface area (Å²) in [5.74, 6) is 0.580. The Kier molecular flexibility index (Phi) is 2.79. The molecule has 0 aliphatic rings. The van der Waals surface area contributed by atoms with Gasteiger partial charge in [-0.15, -0.1) is 21.8 Å². The smallest absolute Gasteiger partial charge is 0.165 e. The fourth-order valence-corrected chi connectivity index (χ4v) is 2.29. The Hall–Kier alpha value is -0.940. The average Bonchev–Trinajstić information content (AvgIpc) is 2.74. The Morgan fingerprint density at radius 2 is 2.36 bits per heavy atom. The number of hydrogen-bond donors (Lipinski definition) is 1. The van der Waals surface area contributed by atoms with Crippen LogP contribution in [-0.2, 0) is 6.42 Å². The van der Waals surface area contributed by atoms with Gasteiger partial charge in [0, 0.05) is 12.3 Å². The summed E-state index contributed by atoms with van der Waals surface area (Å²) in [5.41, 5.74) is 2.03. The molecule has 2 aromatic rings. The highest BCUT2D eigenvalue weighted by Crippen LogP contribution is 2.24. The summed E-state index contributed by atoms with van der Waals surface area (Å²) in [6.45, 7) is 1.99. The van der Waals surface area contributed by atoms with E-state index >= 15 is 0 Å². The molecule has 0 fully saturated rings. The van der Waals surface area contributed by atoms with Crippen molar-refractivity contribution in [2.45, 2.75) is 13.3 Å². The van der Waals surface area contributed by atoms with Crippen molar-refractivity contribution in [3.63, 3.8) is 0 Å². The topological polar surface area (TPSA) is 54.5 Å². The lowest BCUT2D eigenvalue weighted by molar-refractivity contribution is 0.984. The molecule has 2 heterocycles. The second-order valence-corrected chi connectivity index (χ2v) is 4.31. The van der Waals surface area contributed by atoms with Crippen molar-refractivity contribution in [2.24, 2.45) is 0 Å². The van der Waals surface area contributed by atoms with Crippen molar-refractivity contribution in [3.8, 4) is 10.7 Å². The highest BCUT2D eigenvalue weighted by molar-refractivity contribution is 7.14. The molecule has 0 saturated heterocycles. The molecule has 6 heteroatoms. The standard InChI is InChI=1S/C8H9ClN4S/c1-5-4-10-12-7(5)8-13-11-6(14-8)2-3-9/h4H,2-3H2,1H3,(H,10,12). The molecule has 2 rings (SSSR count). The first-order chi connectivity index (χ1) is 6.81. The molecule has 0 aliphatic carbocycles. The van der Waals surface area contributed by atoms with E-state index in [2.05, 4.69) is 20.4 Å². The van der Waals surface area contributed by atoms with Crippen LogP contribution in [0.1, 0.15) is 10.6 Å². The lowest BCUT2D eigenvalue weighted by atomic mass is 10.3. The number of H-pyrrole nitrogens is 1. The van der Waals surface area contributed by atoms with E-state index in [0.717, 1.165) is 27.7 Å². The second kappa shape index (κ2) is 4.06. The van der Waals surface area contributed by atoms with E-state index in [1.54, 1.807) is 17.5 Å². The summed E-state index contributed by atoms with van der Waals surface area (Å²) < 4.78 is 0. The largest absolute Gasteiger partial charge is 0.275 e. The molecule has 0 radical (unpaired) electrons. The van der Waals surface area contributed by atoms with Crippen molar-refractivity contribution in [2.75, 3.05) is 5.88 Å². The molecule has 0 aromatic carbocycles. The Bertz CT molecular complexity index is 422. The first-order valence-corrected chi connectivity index (χ1v) is 5.55. The van der Waals surface area contributed by atoms with Gasteiger partial charge in [-0.05, 0) is 12.5 Å². The van der Waals surface area contributed by atoms with E-state index in [4.69, 9.17) is 11.6 Å². The zero-order valence-electron chi connectivity index (χ0n) is 7.62. The molecule has 14 heavy (non-hydrogen) atoms. The molecule has 2 aromatic heterocycles. The minimum atomic E-state index is 0.580. The van der Waals surface area contributed by atoms with Gasteiger partial charge in [0.2, 0.25) is 0 Å².